The Kier molecular flexibility index (Phi) is 3.34. The molecule has 23 heavy (non-hydrogen) atoms. The van der Waals surface area contributed by atoms with Crippen LogP contribution in [0.2, 0.25) is 0 Å². The molecule has 2 aliphatic rings. The molecule has 6 heteroatoms. The number of amides is 1. The molecule has 6 nitrogen and oxygen atoms in total. The van der Waals surface area contributed by atoms with E-state index in [1.807, 2.05) is 37.3 Å². The van der Waals surface area contributed by atoms with Crippen LogP contribution in [0, 0.1) is 6.92 Å². The van der Waals surface area contributed by atoms with E-state index >= 15 is 0 Å². The van der Waals surface area contributed by atoms with Crippen LogP contribution >= 0.6 is 0 Å². The summed E-state index contributed by atoms with van der Waals surface area (Å²) in [5.74, 6) is 2.20. The molecular formula is C17H19N3O3. The van der Waals surface area contributed by atoms with Crippen LogP contribution in [0.1, 0.15) is 30.3 Å². The lowest BCUT2D eigenvalue weighted by molar-refractivity contribution is -0.119. The molecule has 1 aromatic carbocycles. The molecule has 2 aromatic rings. The van der Waals surface area contributed by atoms with E-state index < -0.39 is 0 Å². The van der Waals surface area contributed by atoms with Crippen LogP contribution in [0.3, 0.4) is 0 Å². The van der Waals surface area contributed by atoms with E-state index in [1.165, 1.54) is 0 Å². The molecule has 0 spiro atoms. The van der Waals surface area contributed by atoms with Crippen LogP contribution in [0.15, 0.2) is 34.9 Å². The van der Waals surface area contributed by atoms with Crippen LogP contribution in [0.4, 0.5) is 5.82 Å². The number of carbonyl (C=O) groups excluding carboxylic acids is 1. The average Bonchev–Trinajstić information content (AvgIpc) is 3.25. The van der Waals surface area contributed by atoms with Gasteiger partial charge in [0.15, 0.2) is 5.82 Å². The van der Waals surface area contributed by atoms with E-state index in [0.717, 1.165) is 30.7 Å². The fourth-order valence-electron chi connectivity index (χ4n) is 3.60. The van der Waals surface area contributed by atoms with Gasteiger partial charge in [-0.2, -0.15) is 0 Å². The van der Waals surface area contributed by atoms with Crippen molar-refractivity contribution in [1.29, 1.82) is 0 Å². The molecular weight excluding hydrogens is 294 g/mol. The van der Waals surface area contributed by atoms with Crippen molar-refractivity contribution >= 4 is 11.7 Å². The molecule has 1 aromatic heterocycles. The molecule has 0 saturated carbocycles. The number of fused-ring (bicyclic) bond motifs is 1. The third-order valence-corrected chi connectivity index (χ3v) is 4.65. The van der Waals surface area contributed by atoms with E-state index in [4.69, 9.17) is 9.26 Å². The average molecular weight is 313 g/mol. The fraction of sp³-hybridized carbons (Fsp3) is 0.412. The quantitative estimate of drug-likeness (QED) is 0.871. The number of methoxy groups -OCH3 is 1. The maximum atomic E-state index is 12.9. The first kappa shape index (κ1) is 14.3. The maximum absolute atomic E-state index is 12.9. The van der Waals surface area contributed by atoms with E-state index in [2.05, 4.69) is 10.1 Å². The minimum absolute atomic E-state index is 0.0564. The molecule has 2 aliphatic heterocycles. The lowest BCUT2D eigenvalue weighted by Crippen LogP contribution is -2.32. The molecule has 2 atom stereocenters. The molecule has 3 heterocycles. The number of ether oxygens (including phenoxy) is 1. The highest BCUT2D eigenvalue weighted by Crippen LogP contribution is 2.42. The normalized spacial score (nSPS) is 24.3. The Labute approximate surface area is 134 Å². The summed E-state index contributed by atoms with van der Waals surface area (Å²) >= 11 is 0. The van der Waals surface area contributed by atoms with E-state index in [1.54, 1.807) is 12.0 Å². The van der Waals surface area contributed by atoms with Crippen LogP contribution in [-0.4, -0.2) is 35.7 Å². The number of aromatic nitrogens is 1. The molecule has 0 aliphatic carbocycles. The smallest absolute Gasteiger partial charge is 0.247 e. The summed E-state index contributed by atoms with van der Waals surface area (Å²) < 4.78 is 10.4. The van der Waals surface area contributed by atoms with Crippen LogP contribution < -0.4 is 9.64 Å². The molecule has 0 unspecified atom stereocenters. The monoisotopic (exact) mass is 313 g/mol. The number of carbonyl (C=O) groups is 1. The highest BCUT2D eigenvalue weighted by atomic mass is 16.5. The predicted octanol–water partition coefficient (Wildman–Crippen LogP) is 2.50. The number of rotatable bonds is 3. The van der Waals surface area contributed by atoms with Crippen molar-refractivity contribution in [2.45, 2.75) is 32.0 Å². The molecule has 0 radical (unpaired) electrons. The summed E-state index contributed by atoms with van der Waals surface area (Å²) in [6.07, 6.45) is 1.82. The Bertz CT molecular complexity index is 725. The van der Waals surface area contributed by atoms with Gasteiger partial charge in [0.05, 0.1) is 13.2 Å². The van der Waals surface area contributed by atoms with Gasteiger partial charge in [-0.05, 0) is 37.5 Å². The van der Waals surface area contributed by atoms with Crippen LogP contribution in [0.5, 0.6) is 5.75 Å². The number of benzene rings is 1. The Hall–Kier alpha value is -2.34. The van der Waals surface area contributed by atoms with Gasteiger partial charge in [-0.15, -0.1) is 0 Å². The molecule has 4 rings (SSSR count). The first-order valence-electron chi connectivity index (χ1n) is 7.85. The van der Waals surface area contributed by atoms with Crippen molar-refractivity contribution in [1.82, 2.24) is 10.1 Å². The molecule has 0 N–H and O–H groups in total. The number of nitrogens with zero attached hydrogens (tertiary/aromatic N) is 3. The van der Waals surface area contributed by atoms with E-state index in [9.17, 15) is 4.79 Å². The van der Waals surface area contributed by atoms with Gasteiger partial charge >= 0.3 is 0 Å². The Balaban J connectivity index is 1.76. The van der Waals surface area contributed by atoms with E-state index in [-0.39, 0.29) is 18.1 Å². The maximum Gasteiger partial charge on any atom is 0.247 e. The van der Waals surface area contributed by atoms with Crippen molar-refractivity contribution in [2.24, 2.45) is 0 Å². The summed E-state index contributed by atoms with van der Waals surface area (Å²) in [4.78, 5) is 16.9. The van der Waals surface area contributed by atoms with Gasteiger partial charge in [0.2, 0.25) is 5.91 Å². The molecule has 2 saturated heterocycles. The lowest BCUT2D eigenvalue weighted by Gasteiger charge is -2.28. The minimum Gasteiger partial charge on any atom is -0.497 e. The molecule has 0 bridgehead atoms. The minimum atomic E-state index is -0.134. The van der Waals surface area contributed by atoms with Crippen molar-refractivity contribution in [3.8, 4) is 5.75 Å². The van der Waals surface area contributed by atoms with Crippen molar-refractivity contribution in [3.05, 3.63) is 41.7 Å². The van der Waals surface area contributed by atoms with Gasteiger partial charge in [0, 0.05) is 12.6 Å². The lowest BCUT2D eigenvalue weighted by atomic mass is 10.1. The second-order valence-corrected chi connectivity index (χ2v) is 6.05. The van der Waals surface area contributed by atoms with Gasteiger partial charge in [-0.1, -0.05) is 17.3 Å². The third kappa shape index (κ3) is 2.21. The zero-order valence-corrected chi connectivity index (χ0v) is 13.2. The zero-order chi connectivity index (χ0) is 16.0. The van der Waals surface area contributed by atoms with Gasteiger partial charge in [0.1, 0.15) is 17.7 Å². The second kappa shape index (κ2) is 5.38. The SMILES string of the molecule is COc1ccc([C@H]2N(c3cc(C)on3)C(=O)[C@@H]3CCCN32)cc1. The Morgan fingerprint density at radius 1 is 1.30 bits per heavy atom. The molecule has 2 fully saturated rings. The topological polar surface area (TPSA) is 58.8 Å². The molecule has 120 valence electrons. The van der Waals surface area contributed by atoms with Crippen LogP contribution in [-0.2, 0) is 4.79 Å². The van der Waals surface area contributed by atoms with Gasteiger partial charge in [-0.25, -0.2) is 0 Å². The van der Waals surface area contributed by atoms with Gasteiger partial charge in [-0.3, -0.25) is 14.6 Å². The Morgan fingerprint density at radius 2 is 2.09 bits per heavy atom. The van der Waals surface area contributed by atoms with Crippen molar-refractivity contribution in [3.63, 3.8) is 0 Å². The fourth-order valence-corrected chi connectivity index (χ4v) is 3.60. The third-order valence-electron chi connectivity index (χ3n) is 4.65. The standard InChI is InChI=1S/C17H19N3O3/c1-11-10-15(18-23-11)20-16(12-5-7-13(22-2)8-6-12)19-9-3-4-14(19)17(20)21/h5-8,10,14,16H,3-4,9H2,1-2H3/t14-,16+/m0/s1. The predicted molar refractivity (Wildman–Crippen MR) is 84.2 cm³/mol. The number of hydrogen-bond acceptors (Lipinski definition) is 5. The van der Waals surface area contributed by atoms with Crippen molar-refractivity contribution in [2.75, 3.05) is 18.6 Å². The highest BCUT2D eigenvalue weighted by molar-refractivity contribution is 5.99. The first-order chi connectivity index (χ1) is 11.2. The number of anilines is 1. The second-order valence-electron chi connectivity index (χ2n) is 6.05. The summed E-state index contributed by atoms with van der Waals surface area (Å²) in [6, 6.07) is 9.63. The van der Waals surface area contributed by atoms with E-state index in [0.29, 0.717) is 11.6 Å². The largest absolute Gasteiger partial charge is 0.497 e. The van der Waals surface area contributed by atoms with Gasteiger partial charge < -0.3 is 9.26 Å². The zero-order valence-electron chi connectivity index (χ0n) is 13.2. The Morgan fingerprint density at radius 3 is 2.74 bits per heavy atom. The molecule has 1 amide bonds. The highest BCUT2D eigenvalue weighted by Gasteiger charge is 2.50. The van der Waals surface area contributed by atoms with Crippen molar-refractivity contribution < 1.29 is 14.1 Å². The summed E-state index contributed by atoms with van der Waals surface area (Å²) in [7, 11) is 1.65. The van der Waals surface area contributed by atoms with Crippen LogP contribution in [0.25, 0.3) is 0 Å². The van der Waals surface area contributed by atoms with Gasteiger partial charge in [0.25, 0.3) is 0 Å². The number of hydrogen-bond donors (Lipinski definition) is 0. The summed E-state index contributed by atoms with van der Waals surface area (Å²) in [6.45, 7) is 2.75. The number of aryl methyl sites for hydroxylation is 1. The summed E-state index contributed by atoms with van der Waals surface area (Å²) in [5.41, 5.74) is 1.06. The first-order valence-corrected chi connectivity index (χ1v) is 7.85. The summed E-state index contributed by atoms with van der Waals surface area (Å²) in [5, 5.41) is 4.06.